The van der Waals surface area contributed by atoms with Crippen LogP contribution >= 0.6 is 11.8 Å². The molecule has 2 aromatic carbocycles. The molecule has 0 radical (unpaired) electrons. The summed E-state index contributed by atoms with van der Waals surface area (Å²) < 4.78 is 0. The van der Waals surface area contributed by atoms with Crippen LogP contribution in [0.25, 0.3) is 0 Å². The van der Waals surface area contributed by atoms with Crippen LogP contribution in [0.1, 0.15) is 15.9 Å². The first kappa shape index (κ1) is 14.3. The minimum absolute atomic E-state index is 0.0124. The van der Waals surface area contributed by atoms with E-state index in [2.05, 4.69) is 0 Å². The molecule has 0 amide bonds. The lowest BCUT2D eigenvalue weighted by Crippen LogP contribution is -2.05. The maximum Gasteiger partial charge on any atom is 0.273 e. The van der Waals surface area contributed by atoms with Crippen molar-refractivity contribution in [1.29, 1.82) is 0 Å². The summed E-state index contributed by atoms with van der Waals surface area (Å²) in [5.74, 6) is -0.119. The number of thioether (sulfide) groups is 1. The Labute approximate surface area is 121 Å². The van der Waals surface area contributed by atoms with E-state index in [1.807, 2.05) is 18.4 Å². The number of nitro groups is 1. The Bertz CT molecular complexity index is 638. The molecule has 0 bridgehead atoms. The van der Waals surface area contributed by atoms with Crippen LogP contribution in [0.15, 0.2) is 53.4 Å². The van der Waals surface area contributed by atoms with E-state index in [-0.39, 0.29) is 17.9 Å². The van der Waals surface area contributed by atoms with Crippen molar-refractivity contribution in [3.8, 4) is 0 Å². The minimum atomic E-state index is -0.459. The number of rotatable bonds is 5. The Balaban J connectivity index is 2.21. The second kappa shape index (κ2) is 6.34. The van der Waals surface area contributed by atoms with Crippen molar-refractivity contribution in [2.45, 2.75) is 11.3 Å². The minimum Gasteiger partial charge on any atom is -0.294 e. The Morgan fingerprint density at radius 2 is 1.80 bits per heavy atom. The first-order valence-electron chi connectivity index (χ1n) is 6.01. The number of carbonyl (C=O) groups is 1. The number of hydrogen-bond acceptors (Lipinski definition) is 4. The van der Waals surface area contributed by atoms with Crippen molar-refractivity contribution in [2.75, 3.05) is 6.26 Å². The molecular formula is C15H13NO3S. The Morgan fingerprint density at radius 1 is 1.15 bits per heavy atom. The molecule has 0 spiro atoms. The van der Waals surface area contributed by atoms with Crippen molar-refractivity contribution in [1.82, 2.24) is 0 Å². The Kier molecular flexibility index (Phi) is 4.53. The molecule has 0 heterocycles. The maximum absolute atomic E-state index is 12.2. The van der Waals surface area contributed by atoms with Crippen molar-refractivity contribution in [3.05, 3.63) is 69.8 Å². The van der Waals surface area contributed by atoms with Crippen molar-refractivity contribution in [3.63, 3.8) is 0 Å². The van der Waals surface area contributed by atoms with E-state index in [1.165, 1.54) is 6.07 Å². The van der Waals surface area contributed by atoms with Gasteiger partial charge in [-0.3, -0.25) is 14.9 Å². The summed E-state index contributed by atoms with van der Waals surface area (Å²) in [5, 5.41) is 10.9. The topological polar surface area (TPSA) is 60.2 Å². The highest BCUT2D eigenvalue weighted by Gasteiger charge is 2.16. The van der Waals surface area contributed by atoms with Gasteiger partial charge in [0.05, 0.1) is 4.92 Å². The zero-order valence-corrected chi connectivity index (χ0v) is 11.7. The third-order valence-electron chi connectivity index (χ3n) is 2.95. The third kappa shape index (κ3) is 3.24. The van der Waals surface area contributed by atoms with E-state index >= 15 is 0 Å². The quantitative estimate of drug-likeness (QED) is 0.364. The predicted octanol–water partition coefficient (Wildman–Crippen LogP) is 3.74. The fraction of sp³-hybridized carbons (Fsp3) is 0.133. The number of benzene rings is 2. The Hall–Kier alpha value is -2.14. The second-order valence-corrected chi connectivity index (χ2v) is 5.09. The first-order chi connectivity index (χ1) is 9.61. The number of ketones is 1. The molecule has 2 rings (SSSR count). The van der Waals surface area contributed by atoms with Gasteiger partial charge in [-0.1, -0.05) is 30.3 Å². The third-order valence-corrected chi connectivity index (χ3v) is 3.69. The molecule has 2 aromatic rings. The van der Waals surface area contributed by atoms with Crippen LogP contribution in [0.2, 0.25) is 0 Å². The van der Waals surface area contributed by atoms with Crippen molar-refractivity contribution >= 4 is 23.2 Å². The summed E-state index contributed by atoms with van der Waals surface area (Å²) >= 11 is 1.60. The number of nitro benzene ring substituents is 1. The van der Waals surface area contributed by atoms with E-state index in [0.29, 0.717) is 11.1 Å². The molecular weight excluding hydrogens is 274 g/mol. The van der Waals surface area contributed by atoms with E-state index in [0.717, 1.165) is 4.90 Å². The zero-order chi connectivity index (χ0) is 14.5. The normalized spacial score (nSPS) is 10.2. The maximum atomic E-state index is 12.2. The lowest BCUT2D eigenvalue weighted by Gasteiger charge is -2.03. The number of carbonyl (C=O) groups excluding carboxylic acids is 1. The van der Waals surface area contributed by atoms with Gasteiger partial charge in [0.25, 0.3) is 5.69 Å². The highest BCUT2D eigenvalue weighted by Crippen LogP contribution is 2.21. The first-order valence-corrected chi connectivity index (χ1v) is 7.24. The molecule has 0 N–H and O–H groups in total. The SMILES string of the molecule is CSc1ccc(C(=O)Cc2ccccc2[N+](=O)[O-])cc1. The van der Waals surface area contributed by atoms with Crippen LogP contribution in [0.3, 0.4) is 0 Å². The van der Waals surface area contributed by atoms with Crippen molar-refractivity contribution in [2.24, 2.45) is 0 Å². The van der Waals surface area contributed by atoms with Gasteiger partial charge >= 0.3 is 0 Å². The van der Waals surface area contributed by atoms with Crippen LogP contribution in [-0.2, 0) is 6.42 Å². The molecule has 0 aromatic heterocycles. The highest BCUT2D eigenvalue weighted by molar-refractivity contribution is 7.98. The van der Waals surface area contributed by atoms with Crippen LogP contribution in [-0.4, -0.2) is 17.0 Å². The summed E-state index contributed by atoms with van der Waals surface area (Å²) in [7, 11) is 0. The molecule has 102 valence electrons. The van der Waals surface area contributed by atoms with Gasteiger partial charge in [-0.2, -0.15) is 0 Å². The molecule has 5 heteroatoms. The van der Waals surface area contributed by atoms with Crippen molar-refractivity contribution < 1.29 is 9.72 Å². The van der Waals surface area contributed by atoms with E-state index in [9.17, 15) is 14.9 Å². The zero-order valence-electron chi connectivity index (χ0n) is 10.9. The van der Waals surface area contributed by atoms with Gasteiger partial charge in [0.15, 0.2) is 5.78 Å². The van der Waals surface area contributed by atoms with Gasteiger partial charge in [0.2, 0.25) is 0 Å². The van der Waals surface area contributed by atoms with Gasteiger partial charge in [-0.15, -0.1) is 11.8 Å². The van der Waals surface area contributed by atoms with Gasteiger partial charge in [-0.05, 0) is 18.4 Å². The van der Waals surface area contributed by atoms with Gasteiger partial charge in [0, 0.05) is 28.5 Å². The largest absolute Gasteiger partial charge is 0.294 e. The van der Waals surface area contributed by atoms with Gasteiger partial charge < -0.3 is 0 Å². The van der Waals surface area contributed by atoms with E-state index in [1.54, 1.807) is 42.1 Å². The second-order valence-electron chi connectivity index (χ2n) is 4.21. The predicted molar refractivity (Wildman–Crippen MR) is 79.4 cm³/mol. The summed E-state index contributed by atoms with van der Waals surface area (Å²) in [6.07, 6.45) is 2.00. The van der Waals surface area contributed by atoms with Crippen LogP contribution < -0.4 is 0 Å². The highest BCUT2D eigenvalue weighted by atomic mass is 32.2. The van der Waals surface area contributed by atoms with E-state index < -0.39 is 4.92 Å². The monoisotopic (exact) mass is 287 g/mol. The molecule has 20 heavy (non-hydrogen) atoms. The average molecular weight is 287 g/mol. The average Bonchev–Trinajstić information content (AvgIpc) is 2.47. The standard InChI is InChI=1S/C15H13NO3S/c1-20-13-8-6-11(7-9-13)15(17)10-12-4-2-3-5-14(12)16(18)19/h2-9H,10H2,1H3. The molecule has 0 aliphatic heterocycles. The number of hydrogen-bond donors (Lipinski definition) is 0. The molecule has 4 nitrogen and oxygen atoms in total. The van der Waals surface area contributed by atoms with Crippen LogP contribution in [0.5, 0.6) is 0 Å². The molecule has 0 atom stereocenters. The lowest BCUT2D eigenvalue weighted by molar-refractivity contribution is -0.385. The molecule has 0 saturated carbocycles. The summed E-state index contributed by atoms with van der Waals surface area (Å²) in [5.41, 5.74) is 0.999. The molecule has 0 aliphatic carbocycles. The van der Waals surface area contributed by atoms with Crippen LogP contribution in [0.4, 0.5) is 5.69 Å². The number of nitrogens with zero attached hydrogens (tertiary/aromatic N) is 1. The van der Waals surface area contributed by atoms with E-state index in [4.69, 9.17) is 0 Å². The summed E-state index contributed by atoms with van der Waals surface area (Å²) in [6.45, 7) is 0. The number of para-hydroxylation sites is 1. The smallest absolute Gasteiger partial charge is 0.273 e. The molecule has 0 aliphatic rings. The molecule has 0 saturated heterocycles. The summed E-state index contributed by atoms with van der Waals surface area (Å²) in [6, 6.07) is 13.6. The fourth-order valence-electron chi connectivity index (χ4n) is 1.89. The summed E-state index contributed by atoms with van der Waals surface area (Å²) in [4.78, 5) is 23.7. The fourth-order valence-corrected chi connectivity index (χ4v) is 2.30. The Morgan fingerprint density at radius 3 is 2.40 bits per heavy atom. The lowest BCUT2D eigenvalue weighted by atomic mass is 10.0. The van der Waals surface area contributed by atoms with Crippen LogP contribution in [0, 0.1) is 10.1 Å². The van der Waals surface area contributed by atoms with Gasteiger partial charge in [0.1, 0.15) is 0 Å². The van der Waals surface area contributed by atoms with Gasteiger partial charge in [-0.25, -0.2) is 0 Å². The molecule has 0 unspecified atom stereocenters. The molecule has 0 fully saturated rings. The number of Topliss-reactive ketones (excluding diaryl/α,β-unsaturated/α-hetero) is 1.